The molecular weight excluding hydrogens is 435 g/mol. The van der Waals surface area contributed by atoms with Gasteiger partial charge in [-0.2, -0.15) is 4.31 Å². The molecule has 2 aromatic rings. The van der Waals surface area contributed by atoms with Gasteiger partial charge in [-0.3, -0.25) is 4.79 Å². The Labute approximate surface area is 180 Å². The van der Waals surface area contributed by atoms with Crippen LogP contribution in [0.4, 0.5) is 5.69 Å². The summed E-state index contributed by atoms with van der Waals surface area (Å²) in [5, 5.41) is 3.38. The number of hydrogen-bond acceptors (Lipinski definition) is 4. The lowest BCUT2D eigenvalue weighted by Crippen LogP contribution is -2.42. The van der Waals surface area contributed by atoms with Crippen molar-refractivity contribution in [2.75, 3.05) is 19.0 Å². The van der Waals surface area contributed by atoms with Crippen LogP contribution >= 0.6 is 23.2 Å². The van der Waals surface area contributed by atoms with E-state index in [4.69, 9.17) is 27.9 Å². The monoisotopic (exact) mass is 456 g/mol. The van der Waals surface area contributed by atoms with Gasteiger partial charge in [0.1, 0.15) is 10.6 Å². The fraction of sp³-hybridized carbons (Fsp3) is 0.350. The van der Waals surface area contributed by atoms with Gasteiger partial charge in [0.05, 0.1) is 17.2 Å². The number of methoxy groups -OCH3 is 1. The quantitative estimate of drug-likeness (QED) is 0.699. The van der Waals surface area contributed by atoms with E-state index in [0.29, 0.717) is 22.3 Å². The van der Waals surface area contributed by atoms with Crippen molar-refractivity contribution in [2.24, 2.45) is 0 Å². The van der Waals surface area contributed by atoms with Crippen molar-refractivity contribution in [3.63, 3.8) is 0 Å². The molecule has 0 radical (unpaired) electrons. The molecule has 1 amide bonds. The minimum atomic E-state index is -3.81. The van der Waals surface area contributed by atoms with Crippen molar-refractivity contribution >= 4 is 44.8 Å². The van der Waals surface area contributed by atoms with Crippen LogP contribution in [-0.4, -0.2) is 38.3 Å². The Hall–Kier alpha value is -1.80. The number of rotatable bonds is 5. The van der Waals surface area contributed by atoms with Crippen LogP contribution in [0.2, 0.25) is 10.0 Å². The molecule has 1 N–H and O–H groups in total. The van der Waals surface area contributed by atoms with Crippen LogP contribution in [-0.2, 0) is 10.0 Å². The average Bonchev–Trinajstić information content (AvgIpc) is 2.70. The largest absolute Gasteiger partial charge is 0.495 e. The summed E-state index contributed by atoms with van der Waals surface area (Å²) in [6.07, 6.45) is 2.61. The molecule has 9 heteroatoms. The summed E-state index contributed by atoms with van der Waals surface area (Å²) < 4.78 is 33.3. The molecule has 0 aliphatic carbocycles. The summed E-state index contributed by atoms with van der Waals surface area (Å²) in [5.41, 5.74) is 0.648. The maximum absolute atomic E-state index is 13.3. The van der Waals surface area contributed by atoms with E-state index in [0.717, 1.165) is 19.3 Å². The van der Waals surface area contributed by atoms with Gasteiger partial charge >= 0.3 is 0 Å². The predicted molar refractivity (Wildman–Crippen MR) is 115 cm³/mol. The van der Waals surface area contributed by atoms with Gasteiger partial charge in [0, 0.05) is 23.8 Å². The third-order valence-electron chi connectivity index (χ3n) is 4.93. The molecule has 3 rings (SSSR count). The second-order valence-electron chi connectivity index (χ2n) is 6.91. The Bertz CT molecular complexity index is 1030. The highest BCUT2D eigenvalue weighted by Crippen LogP contribution is 2.32. The minimum absolute atomic E-state index is 0.0180. The third kappa shape index (κ3) is 4.69. The van der Waals surface area contributed by atoms with Crippen molar-refractivity contribution in [3.05, 3.63) is 52.0 Å². The van der Waals surface area contributed by atoms with E-state index in [1.54, 1.807) is 12.1 Å². The second kappa shape index (κ2) is 8.92. The normalized spacial score (nSPS) is 17.7. The summed E-state index contributed by atoms with van der Waals surface area (Å²) in [7, 11) is -2.40. The van der Waals surface area contributed by atoms with Gasteiger partial charge in [0.15, 0.2) is 0 Å². The highest BCUT2D eigenvalue weighted by atomic mass is 35.5. The van der Waals surface area contributed by atoms with Crippen molar-refractivity contribution in [1.29, 1.82) is 0 Å². The number of sulfonamides is 1. The standard InChI is InChI=1S/C20H22Cl2N2O4S/c1-13-5-3-4-10-24(13)29(26,27)19-11-14(6-9-18(19)28-2)20(25)23-15-7-8-16(21)17(22)12-15/h6-9,11-13H,3-5,10H2,1-2H3,(H,23,25). The fourth-order valence-electron chi connectivity index (χ4n) is 3.35. The summed E-state index contributed by atoms with van der Waals surface area (Å²) in [6, 6.07) is 8.97. The summed E-state index contributed by atoms with van der Waals surface area (Å²) >= 11 is 11.9. The molecule has 0 bridgehead atoms. The maximum Gasteiger partial charge on any atom is 0.255 e. The van der Waals surface area contributed by atoms with Crippen LogP contribution in [0.25, 0.3) is 0 Å². The van der Waals surface area contributed by atoms with Crippen molar-refractivity contribution < 1.29 is 17.9 Å². The van der Waals surface area contributed by atoms with E-state index in [9.17, 15) is 13.2 Å². The number of hydrogen-bond donors (Lipinski definition) is 1. The minimum Gasteiger partial charge on any atom is -0.495 e. The number of nitrogens with zero attached hydrogens (tertiary/aromatic N) is 1. The highest BCUT2D eigenvalue weighted by molar-refractivity contribution is 7.89. The van der Waals surface area contributed by atoms with Gasteiger partial charge in [-0.25, -0.2) is 8.42 Å². The number of nitrogens with one attached hydrogen (secondary N) is 1. The van der Waals surface area contributed by atoms with E-state index in [1.165, 1.54) is 35.7 Å². The van der Waals surface area contributed by atoms with Gasteiger partial charge in [0.2, 0.25) is 10.0 Å². The zero-order valence-corrected chi connectivity index (χ0v) is 18.4. The number of amides is 1. The number of ether oxygens (including phenoxy) is 1. The molecule has 1 atom stereocenters. The molecule has 1 aliphatic rings. The molecule has 1 heterocycles. The summed E-state index contributed by atoms with van der Waals surface area (Å²) in [4.78, 5) is 12.7. The lowest BCUT2D eigenvalue weighted by atomic mass is 10.1. The van der Waals surface area contributed by atoms with Crippen molar-refractivity contribution in [1.82, 2.24) is 4.31 Å². The molecule has 6 nitrogen and oxygen atoms in total. The highest BCUT2D eigenvalue weighted by Gasteiger charge is 2.33. The van der Waals surface area contributed by atoms with Gasteiger partial charge in [-0.05, 0) is 56.2 Å². The lowest BCUT2D eigenvalue weighted by molar-refractivity contribution is 0.102. The Balaban J connectivity index is 1.94. The van der Waals surface area contributed by atoms with E-state index in [2.05, 4.69) is 5.32 Å². The zero-order valence-electron chi connectivity index (χ0n) is 16.1. The summed E-state index contributed by atoms with van der Waals surface area (Å²) in [5.74, 6) is -0.261. The molecule has 29 heavy (non-hydrogen) atoms. The molecule has 1 saturated heterocycles. The Morgan fingerprint density at radius 1 is 1.14 bits per heavy atom. The van der Waals surface area contributed by atoms with Crippen LogP contribution in [0.5, 0.6) is 5.75 Å². The van der Waals surface area contributed by atoms with Crippen LogP contribution in [0.1, 0.15) is 36.5 Å². The van der Waals surface area contributed by atoms with E-state index < -0.39 is 15.9 Å². The number of benzene rings is 2. The maximum atomic E-state index is 13.3. The number of carbonyl (C=O) groups is 1. The van der Waals surface area contributed by atoms with E-state index in [-0.39, 0.29) is 22.3 Å². The molecule has 156 valence electrons. The molecular formula is C20H22Cl2N2O4S. The number of halogens is 2. The number of anilines is 1. The third-order valence-corrected chi connectivity index (χ3v) is 7.71. The van der Waals surface area contributed by atoms with Gasteiger partial charge in [0.25, 0.3) is 5.91 Å². The molecule has 2 aromatic carbocycles. The van der Waals surface area contributed by atoms with Crippen LogP contribution in [0.15, 0.2) is 41.3 Å². The number of piperidine rings is 1. The van der Waals surface area contributed by atoms with Crippen LogP contribution < -0.4 is 10.1 Å². The Kier molecular flexibility index (Phi) is 6.73. The summed E-state index contributed by atoms with van der Waals surface area (Å²) in [6.45, 7) is 2.34. The first-order valence-corrected chi connectivity index (χ1v) is 11.4. The van der Waals surface area contributed by atoms with Gasteiger partial charge < -0.3 is 10.1 Å². The topological polar surface area (TPSA) is 75.7 Å². The molecule has 0 saturated carbocycles. The van der Waals surface area contributed by atoms with Gasteiger partial charge in [-0.15, -0.1) is 0 Å². The van der Waals surface area contributed by atoms with Crippen molar-refractivity contribution in [2.45, 2.75) is 37.1 Å². The molecule has 0 aromatic heterocycles. The predicted octanol–water partition coefficient (Wildman–Crippen LogP) is 4.82. The van der Waals surface area contributed by atoms with Crippen molar-refractivity contribution in [3.8, 4) is 5.75 Å². The number of carbonyl (C=O) groups excluding carboxylic acids is 1. The van der Waals surface area contributed by atoms with Crippen LogP contribution in [0, 0.1) is 0 Å². The molecule has 1 fully saturated rings. The van der Waals surface area contributed by atoms with Gasteiger partial charge in [-0.1, -0.05) is 29.6 Å². The SMILES string of the molecule is COc1ccc(C(=O)Nc2ccc(Cl)c(Cl)c2)cc1S(=O)(=O)N1CCCCC1C. The Morgan fingerprint density at radius 3 is 2.55 bits per heavy atom. The first kappa shape index (κ1) is 21.9. The first-order chi connectivity index (χ1) is 13.7. The van der Waals surface area contributed by atoms with E-state index >= 15 is 0 Å². The molecule has 0 spiro atoms. The van der Waals surface area contributed by atoms with Crippen LogP contribution in [0.3, 0.4) is 0 Å². The smallest absolute Gasteiger partial charge is 0.255 e. The van der Waals surface area contributed by atoms with E-state index in [1.807, 2.05) is 6.92 Å². The molecule has 1 unspecified atom stereocenters. The Morgan fingerprint density at radius 2 is 1.90 bits per heavy atom. The molecule has 1 aliphatic heterocycles. The first-order valence-electron chi connectivity index (χ1n) is 9.20. The average molecular weight is 457 g/mol. The zero-order chi connectivity index (χ0) is 21.2. The lowest BCUT2D eigenvalue weighted by Gasteiger charge is -2.32. The fourth-order valence-corrected chi connectivity index (χ4v) is 5.53. The second-order valence-corrected chi connectivity index (χ2v) is 9.58.